The standard InChI is InChI=1S/C28H34O2S8/c1-3-5-7-9-11-29-21-17-13-31-23-25-34-16-20-18(21)14-32-24-26(38-28(36-24)27(35-23)37-25)33-15-19(17)22(20)30-12-10-8-6-4-2/h3-16H2,1-2H3. The van der Waals surface area contributed by atoms with Crippen LogP contribution >= 0.6 is 94.1 Å². The van der Waals surface area contributed by atoms with E-state index in [-0.39, 0.29) is 0 Å². The predicted octanol–water partition coefficient (Wildman–Crippen LogP) is 11.9. The Hall–Kier alpha value is 0.840. The lowest BCUT2D eigenvalue weighted by Gasteiger charge is -2.28. The van der Waals surface area contributed by atoms with Gasteiger partial charge in [0.05, 0.1) is 38.6 Å². The van der Waals surface area contributed by atoms with E-state index in [1.807, 2.05) is 94.1 Å². The summed E-state index contributed by atoms with van der Waals surface area (Å²) in [6.45, 7) is 6.19. The molecule has 9 rings (SSSR count). The Morgan fingerprint density at radius 3 is 1.11 bits per heavy atom. The zero-order valence-corrected chi connectivity index (χ0v) is 28.5. The number of hydrogen-bond acceptors (Lipinski definition) is 10. The summed E-state index contributed by atoms with van der Waals surface area (Å²) >= 11 is 16.2. The molecule has 0 spiro atoms. The average Bonchev–Trinajstić information content (AvgIpc) is 3.53. The molecule has 10 heteroatoms. The molecule has 8 heterocycles. The Morgan fingerprint density at radius 1 is 0.447 bits per heavy atom. The molecule has 38 heavy (non-hydrogen) atoms. The molecule has 1 aromatic carbocycles. The summed E-state index contributed by atoms with van der Waals surface area (Å²) in [5, 5.41) is 0. The molecule has 0 fully saturated rings. The van der Waals surface area contributed by atoms with Crippen LogP contribution in [0, 0.1) is 0 Å². The van der Waals surface area contributed by atoms with Gasteiger partial charge in [0.1, 0.15) is 11.5 Å². The van der Waals surface area contributed by atoms with Crippen molar-refractivity contribution in [1.82, 2.24) is 0 Å². The van der Waals surface area contributed by atoms with E-state index in [0.717, 1.165) is 49.1 Å². The van der Waals surface area contributed by atoms with Crippen LogP contribution in [0.4, 0.5) is 0 Å². The first-order valence-corrected chi connectivity index (χ1v) is 20.9. The Kier molecular flexibility index (Phi) is 10.6. The molecule has 0 amide bonds. The molecule has 0 aromatic heterocycles. The van der Waals surface area contributed by atoms with Crippen LogP contribution in [0.3, 0.4) is 0 Å². The zero-order chi connectivity index (χ0) is 25.9. The molecule has 206 valence electrons. The highest BCUT2D eigenvalue weighted by Crippen LogP contribution is 2.69. The van der Waals surface area contributed by atoms with Crippen molar-refractivity contribution in [3.8, 4) is 11.5 Å². The van der Waals surface area contributed by atoms with Crippen molar-refractivity contribution in [1.29, 1.82) is 0 Å². The molecule has 10 bridgehead atoms. The first-order chi connectivity index (χ1) is 18.8. The normalized spacial score (nSPS) is 19.8. The van der Waals surface area contributed by atoms with Crippen molar-refractivity contribution in [3.05, 3.63) is 47.7 Å². The van der Waals surface area contributed by atoms with Crippen LogP contribution in [-0.2, 0) is 23.0 Å². The fourth-order valence-electron chi connectivity index (χ4n) is 4.89. The first-order valence-electron chi connectivity index (χ1n) is 13.7. The van der Waals surface area contributed by atoms with Crippen LogP contribution in [0.15, 0.2) is 25.4 Å². The third-order valence-corrected chi connectivity index (χ3v) is 18.6. The molecule has 0 unspecified atom stereocenters. The fourth-order valence-corrected chi connectivity index (χ4v) is 17.1. The predicted molar refractivity (Wildman–Crippen MR) is 182 cm³/mol. The fraction of sp³-hybridized carbons (Fsp3) is 0.571. The van der Waals surface area contributed by atoms with Gasteiger partial charge in [-0.3, -0.25) is 0 Å². The molecular formula is C28H34O2S8. The van der Waals surface area contributed by atoms with Gasteiger partial charge in [-0.25, -0.2) is 0 Å². The zero-order valence-electron chi connectivity index (χ0n) is 22.0. The first kappa shape index (κ1) is 28.9. The topological polar surface area (TPSA) is 18.5 Å². The number of rotatable bonds is 12. The summed E-state index contributed by atoms with van der Waals surface area (Å²) in [5.74, 6) is 6.24. The second-order valence-electron chi connectivity index (χ2n) is 9.68. The third-order valence-electron chi connectivity index (χ3n) is 6.95. The number of thioether (sulfide) groups is 8. The molecule has 0 N–H and O–H groups in total. The van der Waals surface area contributed by atoms with E-state index in [4.69, 9.17) is 9.47 Å². The lowest BCUT2D eigenvalue weighted by atomic mass is 9.97. The van der Waals surface area contributed by atoms with Gasteiger partial charge in [0.2, 0.25) is 0 Å². The van der Waals surface area contributed by atoms with Crippen molar-refractivity contribution < 1.29 is 9.47 Å². The third kappa shape index (κ3) is 6.28. The maximum absolute atomic E-state index is 6.82. The minimum atomic E-state index is 0.818. The molecule has 0 atom stereocenters. The molecule has 0 radical (unpaired) electrons. The van der Waals surface area contributed by atoms with E-state index in [9.17, 15) is 0 Å². The van der Waals surface area contributed by atoms with Gasteiger partial charge < -0.3 is 9.47 Å². The molecule has 0 saturated heterocycles. The molecule has 2 nitrogen and oxygen atoms in total. The van der Waals surface area contributed by atoms with Crippen LogP contribution in [-0.4, -0.2) is 13.2 Å². The minimum Gasteiger partial charge on any atom is -0.493 e. The van der Waals surface area contributed by atoms with Gasteiger partial charge in [-0.2, -0.15) is 0 Å². The monoisotopic (exact) mass is 658 g/mol. The number of unbranched alkanes of at least 4 members (excludes halogenated alkanes) is 6. The van der Waals surface area contributed by atoms with Gasteiger partial charge in [0, 0.05) is 45.3 Å². The van der Waals surface area contributed by atoms with Crippen molar-refractivity contribution in [3.63, 3.8) is 0 Å². The SMILES string of the molecule is CCCCCCOc1c2c3c(OCCCCCC)c4c1CSC1=C(SC3)SC(=C3SC(=C(SC4)S3)SC2)S1. The van der Waals surface area contributed by atoms with E-state index in [2.05, 4.69) is 13.8 Å². The highest BCUT2D eigenvalue weighted by atomic mass is 32.3. The Morgan fingerprint density at radius 2 is 0.789 bits per heavy atom. The minimum absolute atomic E-state index is 0.818. The van der Waals surface area contributed by atoms with Crippen LogP contribution in [0.5, 0.6) is 11.5 Å². The van der Waals surface area contributed by atoms with Crippen LogP contribution in [0.25, 0.3) is 0 Å². The Balaban J connectivity index is 1.44. The van der Waals surface area contributed by atoms with E-state index in [1.54, 1.807) is 0 Å². The van der Waals surface area contributed by atoms with Crippen LogP contribution in [0.2, 0.25) is 0 Å². The molecule has 0 aliphatic carbocycles. The van der Waals surface area contributed by atoms with Crippen molar-refractivity contribution in [2.75, 3.05) is 13.2 Å². The second-order valence-corrected chi connectivity index (χ2v) is 19.3. The largest absolute Gasteiger partial charge is 0.493 e. The van der Waals surface area contributed by atoms with Gasteiger partial charge >= 0.3 is 0 Å². The number of ether oxygens (including phenoxy) is 2. The Bertz CT molecular complexity index is 1010. The molecular weight excluding hydrogens is 625 g/mol. The van der Waals surface area contributed by atoms with Crippen molar-refractivity contribution in [2.24, 2.45) is 0 Å². The maximum Gasteiger partial charge on any atom is 0.128 e. The van der Waals surface area contributed by atoms with Gasteiger partial charge in [-0.1, -0.05) is 99.4 Å². The van der Waals surface area contributed by atoms with E-state index in [1.165, 1.54) is 97.7 Å². The quantitative estimate of drug-likeness (QED) is 0.201. The van der Waals surface area contributed by atoms with Gasteiger partial charge in [-0.15, -0.1) is 47.0 Å². The Labute approximate surface area is 262 Å². The number of benzene rings is 1. The van der Waals surface area contributed by atoms with E-state index in [0.29, 0.717) is 0 Å². The van der Waals surface area contributed by atoms with Gasteiger partial charge in [-0.05, 0) is 12.8 Å². The molecule has 8 aliphatic rings. The summed E-state index contributed by atoms with van der Waals surface area (Å²) in [6, 6.07) is 0. The molecule has 0 saturated carbocycles. The summed E-state index contributed by atoms with van der Waals surface area (Å²) < 4.78 is 22.6. The van der Waals surface area contributed by atoms with Crippen LogP contribution in [0.1, 0.15) is 87.5 Å². The molecule has 8 aliphatic heterocycles. The van der Waals surface area contributed by atoms with Gasteiger partial charge in [0.15, 0.2) is 0 Å². The average molecular weight is 659 g/mol. The van der Waals surface area contributed by atoms with E-state index < -0.39 is 0 Å². The second kappa shape index (κ2) is 13.9. The van der Waals surface area contributed by atoms with Gasteiger partial charge in [0.25, 0.3) is 0 Å². The highest BCUT2D eigenvalue weighted by Gasteiger charge is 2.37. The van der Waals surface area contributed by atoms with Crippen molar-refractivity contribution in [2.45, 2.75) is 88.2 Å². The van der Waals surface area contributed by atoms with E-state index >= 15 is 0 Å². The van der Waals surface area contributed by atoms with Crippen LogP contribution < -0.4 is 9.47 Å². The highest BCUT2D eigenvalue weighted by molar-refractivity contribution is 8.44. The van der Waals surface area contributed by atoms with Crippen molar-refractivity contribution >= 4 is 94.1 Å². The summed E-state index contributed by atoms with van der Waals surface area (Å²) in [5.41, 5.74) is 5.62. The summed E-state index contributed by atoms with van der Waals surface area (Å²) in [7, 11) is 0. The lowest BCUT2D eigenvalue weighted by Crippen LogP contribution is -2.13. The summed E-state index contributed by atoms with van der Waals surface area (Å²) in [4.78, 5) is 0. The molecule has 1 aromatic rings. The summed E-state index contributed by atoms with van der Waals surface area (Å²) in [6.07, 6.45) is 9.87. The number of hydrogen-bond donors (Lipinski definition) is 0. The maximum atomic E-state index is 6.82. The smallest absolute Gasteiger partial charge is 0.128 e. The lowest BCUT2D eigenvalue weighted by molar-refractivity contribution is 0.289.